The number of hydrogen-bond acceptors (Lipinski definition) is 3. The lowest BCUT2D eigenvalue weighted by atomic mass is 10.1. The standard InChI is InChI=1S/C16H24N2O2/c1-4-8-17-15-10-11(2)5-6-13(15)16(19)18-14-7-9-20-12(14)3/h5-6,10,12,14,17H,4,7-9H2,1-3H3,(H,18,19). The second-order valence-corrected chi connectivity index (χ2v) is 5.42. The van der Waals surface area contributed by atoms with Gasteiger partial charge in [0.05, 0.1) is 17.7 Å². The molecule has 1 amide bonds. The number of rotatable bonds is 5. The molecule has 110 valence electrons. The molecule has 0 aromatic heterocycles. The zero-order valence-electron chi connectivity index (χ0n) is 12.5. The molecule has 0 saturated carbocycles. The normalized spacial score (nSPS) is 21.8. The van der Waals surface area contributed by atoms with E-state index in [0.717, 1.165) is 37.2 Å². The van der Waals surface area contributed by atoms with E-state index in [2.05, 4.69) is 17.6 Å². The summed E-state index contributed by atoms with van der Waals surface area (Å²) >= 11 is 0. The third kappa shape index (κ3) is 3.51. The number of nitrogens with one attached hydrogen (secondary N) is 2. The Morgan fingerprint density at radius 1 is 1.45 bits per heavy atom. The van der Waals surface area contributed by atoms with E-state index in [4.69, 9.17) is 4.74 Å². The highest BCUT2D eigenvalue weighted by atomic mass is 16.5. The van der Waals surface area contributed by atoms with Crippen molar-refractivity contribution in [2.45, 2.75) is 45.8 Å². The number of carbonyl (C=O) groups excluding carboxylic acids is 1. The number of benzene rings is 1. The lowest BCUT2D eigenvalue weighted by Gasteiger charge is -2.18. The number of ether oxygens (including phenoxy) is 1. The zero-order valence-corrected chi connectivity index (χ0v) is 12.5. The van der Waals surface area contributed by atoms with E-state index in [0.29, 0.717) is 5.56 Å². The number of amides is 1. The predicted molar refractivity (Wildman–Crippen MR) is 81.2 cm³/mol. The van der Waals surface area contributed by atoms with Crippen molar-refractivity contribution < 1.29 is 9.53 Å². The topological polar surface area (TPSA) is 50.4 Å². The summed E-state index contributed by atoms with van der Waals surface area (Å²) in [7, 11) is 0. The maximum atomic E-state index is 12.4. The SMILES string of the molecule is CCCNc1cc(C)ccc1C(=O)NC1CCOC1C. The summed E-state index contributed by atoms with van der Waals surface area (Å²) in [6.45, 7) is 7.74. The van der Waals surface area contributed by atoms with Crippen LogP contribution < -0.4 is 10.6 Å². The number of carbonyl (C=O) groups is 1. The van der Waals surface area contributed by atoms with Crippen LogP contribution in [0.1, 0.15) is 42.6 Å². The Morgan fingerprint density at radius 3 is 2.90 bits per heavy atom. The molecule has 2 unspecified atom stereocenters. The largest absolute Gasteiger partial charge is 0.384 e. The maximum Gasteiger partial charge on any atom is 0.253 e. The third-order valence-electron chi connectivity index (χ3n) is 3.68. The summed E-state index contributed by atoms with van der Waals surface area (Å²) in [6.07, 6.45) is 2.01. The van der Waals surface area contributed by atoms with Gasteiger partial charge >= 0.3 is 0 Å². The number of aryl methyl sites for hydroxylation is 1. The Labute approximate surface area is 120 Å². The molecule has 2 atom stereocenters. The zero-order chi connectivity index (χ0) is 14.5. The molecule has 4 heteroatoms. The minimum Gasteiger partial charge on any atom is -0.384 e. The molecule has 0 radical (unpaired) electrons. The number of anilines is 1. The van der Waals surface area contributed by atoms with Crippen LogP contribution in [0.5, 0.6) is 0 Å². The first-order valence-corrected chi connectivity index (χ1v) is 7.38. The van der Waals surface area contributed by atoms with Crippen molar-refractivity contribution in [1.29, 1.82) is 0 Å². The minimum atomic E-state index is -0.0223. The molecule has 1 heterocycles. The third-order valence-corrected chi connectivity index (χ3v) is 3.68. The monoisotopic (exact) mass is 276 g/mol. The first-order chi connectivity index (χ1) is 9.61. The second kappa shape index (κ2) is 6.75. The lowest BCUT2D eigenvalue weighted by molar-refractivity contribution is 0.0867. The van der Waals surface area contributed by atoms with Crippen LogP contribution >= 0.6 is 0 Å². The van der Waals surface area contributed by atoms with E-state index < -0.39 is 0 Å². The molecule has 1 fully saturated rings. The van der Waals surface area contributed by atoms with Gasteiger partial charge in [-0.3, -0.25) is 4.79 Å². The van der Waals surface area contributed by atoms with Crippen molar-refractivity contribution in [3.63, 3.8) is 0 Å². The summed E-state index contributed by atoms with van der Waals surface area (Å²) in [4.78, 5) is 12.4. The van der Waals surface area contributed by atoms with Crippen LogP contribution in [0.3, 0.4) is 0 Å². The lowest BCUT2D eigenvalue weighted by Crippen LogP contribution is -2.39. The van der Waals surface area contributed by atoms with E-state index in [1.165, 1.54) is 0 Å². The summed E-state index contributed by atoms with van der Waals surface area (Å²) in [5.41, 5.74) is 2.77. The van der Waals surface area contributed by atoms with Gasteiger partial charge in [-0.15, -0.1) is 0 Å². The van der Waals surface area contributed by atoms with Crippen molar-refractivity contribution in [1.82, 2.24) is 5.32 Å². The Hall–Kier alpha value is -1.55. The molecular formula is C16H24N2O2. The second-order valence-electron chi connectivity index (χ2n) is 5.42. The van der Waals surface area contributed by atoms with Gasteiger partial charge in [-0.1, -0.05) is 13.0 Å². The average Bonchev–Trinajstić information content (AvgIpc) is 2.82. The van der Waals surface area contributed by atoms with Crippen LogP contribution in [0.2, 0.25) is 0 Å². The molecule has 20 heavy (non-hydrogen) atoms. The van der Waals surface area contributed by atoms with Crippen LogP contribution in [-0.4, -0.2) is 31.2 Å². The molecule has 2 N–H and O–H groups in total. The highest BCUT2D eigenvalue weighted by molar-refractivity contribution is 6.00. The Kier molecular flexibility index (Phi) is 5.01. The van der Waals surface area contributed by atoms with E-state index >= 15 is 0 Å². The first kappa shape index (κ1) is 14.9. The number of hydrogen-bond donors (Lipinski definition) is 2. The van der Waals surface area contributed by atoms with Gasteiger partial charge in [-0.05, 0) is 44.4 Å². The molecule has 0 aliphatic carbocycles. The Morgan fingerprint density at radius 2 is 2.25 bits per heavy atom. The Balaban J connectivity index is 2.11. The summed E-state index contributed by atoms with van der Waals surface area (Å²) in [5, 5.41) is 6.41. The highest BCUT2D eigenvalue weighted by Gasteiger charge is 2.26. The molecule has 1 aliphatic rings. The predicted octanol–water partition coefficient (Wildman–Crippen LogP) is 2.72. The van der Waals surface area contributed by atoms with Crippen LogP contribution in [0.25, 0.3) is 0 Å². The van der Waals surface area contributed by atoms with Crippen LogP contribution in [0.4, 0.5) is 5.69 Å². The van der Waals surface area contributed by atoms with Crippen molar-refractivity contribution in [2.75, 3.05) is 18.5 Å². The fourth-order valence-electron chi connectivity index (χ4n) is 2.43. The van der Waals surface area contributed by atoms with E-state index in [-0.39, 0.29) is 18.1 Å². The Bertz CT molecular complexity index is 474. The van der Waals surface area contributed by atoms with Gasteiger partial charge in [0.1, 0.15) is 0 Å². The quantitative estimate of drug-likeness (QED) is 0.869. The van der Waals surface area contributed by atoms with Crippen molar-refractivity contribution >= 4 is 11.6 Å². The first-order valence-electron chi connectivity index (χ1n) is 7.38. The van der Waals surface area contributed by atoms with E-state index in [1.807, 2.05) is 32.0 Å². The van der Waals surface area contributed by atoms with Gasteiger partial charge in [-0.2, -0.15) is 0 Å². The molecule has 0 bridgehead atoms. The van der Waals surface area contributed by atoms with E-state index in [9.17, 15) is 4.79 Å². The van der Waals surface area contributed by atoms with Gasteiger partial charge in [0.2, 0.25) is 0 Å². The van der Waals surface area contributed by atoms with Crippen LogP contribution in [0, 0.1) is 6.92 Å². The average molecular weight is 276 g/mol. The molecule has 0 spiro atoms. The summed E-state index contributed by atoms with van der Waals surface area (Å²) in [6, 6.07) is 6.01. The van der Waals surface area contributed by atoms with Gasteiger partial charge in [0.15, 0.2) is 0 Å². The summed E-state index contributed by atoms with van der Waals surface area (Å²) in [5.74, 6) is -0.0223. The van der Waals surface area contributed by atoms with E-state index in [1.54, 1.807) is 0 Å². The van der Waals surface area contributed by atoms with Crippen LogP contribution in [-0.2, 0) is 4.74 Å². The molecular weight excluding hydrogens is 252 g/mol. The molecule has 4 nitrogen and oxygen atoms in total. The maximum absolute atomic E-state index is 12.4. The smallest absolute Gasteiger partial charge is 0.253 e. The van der Waals surface area contributed by atoms with Crippen molar-refractivity contribution in [2.24, 2.45) is 0 Å². The van der Waals surface area contributed by atoms with Crippen molar-refractivity contribution in [3.05, 3.63) is 29.3 Å². The molecule has 1 aromatic rings. The fraction of sp³-hybridized carbons (Fsp3) is 0.562. The van der Waals surface area contributed by atoms with Gasteiger partial charge in [0, 0.05) is 18.8 Å². The minimum absolute atomic E-state index is 0.0223. The molecule has 1 aliphatic heterocycles. The molecule has 1 saturated heterocycles. The highest BCUT2D eigenvalue weighted by Crippen LogP contribution is 2.19. The molecule has 2 rings (SSSR count). The fourth-order valence-corrected chi connectivity index (χ4v) is 2.43. The van der Waals surface area contributed by atoms with Gasteiger partial charge in [-0.25, -0.2) is 0 Å². The van der Waals surface area contributed by atoms with Crippen LogP contribution in [0.15, 0.2) is 18.2 Å². The molecule has 1 aromatic carbocycles. The van der Waals surface area contributed by atoms with Gasteiger partial charge < -0.3 is 15.4 Å². The van der Waals surface area contributed by atoms with Gasteiger partial charge in [0.25, 0.3) is 5.91 Å². The summed E-state index contributed by atoms with van der Waals surface area (Å²) < 4.78 is 5.49. The van der Waals surface area contributed by atoms with Crippen molar-refractivity contribution in [3.8, 4) is 0 Å².